The molecule has 90 valence electrons. The van der Waals surface area contributed by atoms with Crippen molar-refractivity contribution in [2.75, 3.05) is 13.6 Å². The number of likely N-dealkylation sites (N-methyl/N-ethyl adjacent to an activating group) is 1. The van der Waals surface area contributed by atoms with E-state index in [4.69, 9.17) is 0 Å². The number of nitrogens with zero attached hydrogens (tertiary/aromatic N) is 1. The van der Waals surface area contributed by atoms with E-state index in [0.717, 1.165) is 5.56 Å². The zero-order valence-corrected chi connectivity index (χ0v) is 11.0. The number of thiophene rings is 1. The van der Waals surface area contributed by atoms with Crippen molar-refractivity contribution in [2.45, 2.75) is 32.3 Å². The van der Waals surface area contributed by atoms with Gasteiger partial charge < -0.3 is 10.0 Å². The van der Waals surface area contributed by atoms with Crippen molar-refractivity contribution in [3.8, 4) is 0 Å². The first kappa shape index (κ1) is 13.2. The molecule has 1 amide bonds. The fourth-order valence-electron chi connectivity index (χ4n) is 1.65. The normalized spacial score (nSPS) is 13.6. The lowest BCUT2D eigenvalue weighted by Crippen LogP contribution is -2.41. The highest BCUT2D eigenvalue weighted by Crippen LogP contribution is 2.20. The fraction of sp³-hybridized carbons (Fsp3) is 0.583. The van der Waals surface area contributed by atoms with Crippen LogP contribution in [0.1, 0.15) is 32.3 Å². The second-order valence-electron chi connectivity index (χ2n) is 4.79. The Morgan fingerprint density at radius 2 is 2.25 bits per heavy atom. The summed E-state index contributed by atoms with van der Waals surface area (Å²) in [5.74, 6) is -0.0980. The first-order chi connectivity index (χ1) is 7.31. The summed E-state index contributed by atoms with van der Waals surface area (Å²) in [5.41, 5.74) is 0.191. The van der Waals surface area contributed by atoms with Crippen LogP contribution in [0.2, 0.25) is 0 Å². The maximum atomic E-state index is 12.0. The van der Waals surface area contributed by atoms with Crippen LogP contribution in [-0.4, -0.2) is 35.1 Å². The van der Waals surface area contributed by atoms with Crippen LogP contribution in [0.25, 0.3) is 0 Å². The van der Waals surface area contributed by atoms with Gasteiger partial charge in [0.2, 0.25) is 5.91 Å². The lowest BCUT2D eigenvalue weighted by atomic mass is 10.0. The Bertz CT molecular complexity index is 340. The molecule has 0 aliphatic rings. The van der Waals surface area contributed by atoms with Gasteiger partial charge in [0, 0.05) is 13.6 Å². The van der Waals surface area contributed by atoms with Gasteiger partial charge >= 0.3 is 0 Å². The third-order valence-electron chi connectivity index (χ3n) is 2.41. The molecule has 1 atom stereocenters. The first-order valence-electron chi connectivity index (χ1n) is 5.31. The van der Waals surface area contributed by atoms with Crippen molar-refractivity contribution < 1.29 is 9.90 Å². The maximum absolute atomic E-state index is 12.0. The minimum absolute atomic E-state index is 0.0422. The average Bonchev–Trinajstić information content (AvgIpc) is 2.65. The van der Waals surface area contributed by atoms with E-state index in [1.165, 1.54) is 0 Å². The molecule has 0 aromatic carbocycles. The molecule has 3 nitrogen and oxygen atoms in total. The van der Waals surface area contributed by atoms with Gasteiger partial charge in [0.25, 0.3) is 0 Å². The summed E-state index contributed by atoms with van der Waals surface area (Å²) >= 11 is 1.59. The Balaban J connectivity index is 2.64. The van der Waals surface area contributed by atoms with Crippen molar-refractivity contribution in [2.24, 2.45) is 0 Å². The molecule has 0 radical (unpaired) electrons. The van der Waals surface area contributed by atoms with Crippen molar-refractivity contribution >= 4 is 17.2 Å². The van der Waals surface area contributed by atoms with Crippen LogP contribution in [-0.2, 0) is 4.79 Å². The number of hydrogen-bond acceptors (Lipinski definition) is 3. The van der Waals surface area contributed by atoms with Gasteiger partial charge in [-0.25, -0.2) is 0 Å². The third kappa shape index (κ3) is 3.61. The molecule has 0 spiro atoms. The Kier molecular flexibility index (Phi) is 4.10. The summed E-state index contributed by atoms with van der Waals surface area (Å²) in [6, 6.07) is 1.96. The number of rotatable bonds is 4. The standard InChI is InChI=1S/C12H19NO2S/c1-9(10-5-6-16-7-10)11(14)13(4)8-12(2,3)15/h5-7,9,15H,8H2,1-4H3. The molecule has 1 rings (SSSR count). The second-order valence-corrected chi connectivity index (χ2v) is 5.57. The number of aliphatic hydroxyl groups is 1. The van der Waals surface area contributed by atoms with E-state index in [1.807, 2.05) is 23.8 Å². The van der Waals surface area contributed by atoms with Crippen LogP contribution in [0.4, 0.5) is 0 Å². The van der Waals surface area contributed by atoms with E-state index in [-0.39, 0.29) is 11.8 Å². The average molecular weight is 241 g/mol. The molecule has 0 fully saturated rings. The predicted octanol–water partition coefficient (Wildman–Crippen LogP) is 2.08. The summed E-state index contributed by atoms with van der Waals surface area (Å²) < 4.78 is 0. The van der Waals surface area contributed by atoms with Crippen molar-refractivity contribution in [1.82, 2.24) is 4.90 Å². The van der Waals surface area contributed by atoms with Gasteiger partial charge in [-0.15, -0.1) is 0 Å². The molecule has 0 aliphatic heterocycles. The van der Waals surface area contributed by atoms with E-state index in [2.05, 4.69) is 0 Å². The Hall–Kier alpha value is -0.870. The van der Waals surface area contributed by atoms with Crippen molar-refractivity contribution in [3.05, 3.63) is 22.4 Å². The predicted molar refractivity (Wildman–Crippen MR) is 66.7 cm³/mol. The number of amides is 1. The summed E-state index contributed by atoms with van der Waals surface area (Å²) in [6.07, 6.45) is 0. The number of carbonyl (C=O) groups excluding carboxylic acids is 1. The van der Waals surface area contributed by atoms with E-state index in [9.17, 15) is 9.90 Å². The van der Waals surface area contributed by atoms with Gasteiger partial charge in [-0.1, -0.05) is 0 Å². The Morgan fingerprint density at radius 3 is 2.69 bits per heavy atom. The molecule has 0 saturated carbocycles. The lowest BCUT2D eigenvalue weighted by Gasteiger charge is -2.27. The third-order valence-corrected chi connectivity index (χ3v) is 3.12. The van der Waals surface area contributed by atoms with Gasteiger partial charge in [-0.05, 0) is 43.2 Å². The van der Waals surface area contributed by atoms with Crippen LogP contribution < -0.4 is 0 Å². The topological polar surface area (TPSA) is 40.5 Å². The zero-order chi connectivity index (χ0) is 12.3. The lowest BCUT2D eigenvalue weighted by molar-refractivity contribution is -0.133. The molecule has 0 aliphatic carbocycles. The van der Waals surface area contributed by atoms with Gasteiger partial charge in [0.1, 0.15) is 0 Å². The van der Waals surface area contributed by atoms with Gasteiger partial charge in [0.05, 0.1) is 11.5 Å². The van der Waals surface area contributed by atoms with Gasteiger partial charge in [-0.2, -0.15) is 11.3 Å². The molecule has 0 saturated heterocycles. The summed E-state index contributed by atoms with van der Waals surface area (Å²) in [4.78, 5) is 13.6. The molecular formula is C12H19NO2S. The van der Waals surface area contributed by atoms with E-state index < -0.39 is 5.60 Å². The smallest absolute Gasteiger partial charge is 0.229 e. The molecule has 16 heavy (non-hydrogen) atoms. The first-order valence-corrected chi connectivity index (χ1v) is 6.25. The van der Waals surface area contributed by atoms with E-state index >= 15 is 0 Å². The van der Waals surface area contributed by atoms with Crippen LogP contribution in [0, 0.1) is 0 Å². The van der Waals surface area contributed by atoms with Gasteiger partial charge in [-0.3, -0.25) is 4.79 Å². The summed E-state index contributed by atoms with van der Waals surface area (Å²) in [7, 11) is 1.73. The maximum Gasteiger partial charge on any atom is 0.229 e. The quantitative estimate of drug-likeness (QED) is 0.876. The van der Waals surface area contributed by atoms with Crippen molar-refractivity contribution in [3.63, 3.8) is 0 Å². The highest BCUT2D eigenvalue weighted by Gasteiger charge is 2.24. The minimum Gasteiger partial charge on any atom is -0.389 e. The highest BCUT2D eigenvalue weighted by atomic mass is 32.1. The molecule has 1 aromatic heterocycles. The molecule has 0 bridgehead atoms. The molecule has 1 aromatic rings. The number of hydrogen-bond donors (Lipinski definition) is 1. The van der Waals surface area contributed by atoms with Crippen LogP contribution >= 0.6 is 11.3 Å². The Morgan fingerprint density at radius 1 is 1.62 bits per heavy atom. The van der Waals surface area contributed by atoms with Crippen molar-refractivity contribution in [1.29, 1.82) is 0 Å². The monoisotopic (exact) mass is 241 g/mol. The minimum atomic E-state index is -0.848. The number of carbonyl (C=O) groups is 1. The zero-order valence-electron chi connectivity index (χ0n) is 10.2. The largest absolute Gasteiger partial charge is 0.389 e. The summed E-state index contributed by atoms with van der Waals surface area (Å²) in [5, 5.41) is 13.6. The molecule has 1 unspecified atom stereocenters. The van der Waals surface area contributed by atoms with Crippen LogP contribution in [0.3, 0.4) is 0 Å². The van der Waals surface area contributed by atoms with E-state index in [1.54, 1.807) is 37.1 Å². The summed E-state index contributed by atoms with van der Waals surface area (Å²) in [6.45, 7) is 5.64. The molecular weight excluding hydrogens is 222 g/mol. The van der Waals surface area contributed by atoms with E-state index in [0.29, 0.717) is 6.54 Å². The van der Waals surface area contributed by atoms with Crippen LogP contribution in [0.15, 0.2) is 16.8 Å². The van der Waals surface area contributed by atoms with Crippen LogP contribution in [0.5, 0.6) is 0 Å². The van der Waals surface area contributed by atoms with Gasteiger partial charge in [0.15, 0.2) is 0 Å². The molecule has 1 heterocycles. The Labute approximate surface area is 101 Å². The highest BCUT2D eigenvalue weighted by molar-refractivity contribution is 7.08. The second kappa shape index (κ2) is 4.97. The SMILES string of the molecule is CC(C(=O)N(C)CC(C)(C)O)c1ccsc1. The fourth-order valence-corrected chi connectivity index (χ4v) is 2.41. The molecule has 4 heteroatoms. The molecule has 1 N–H and O–H groups in total.